The van der Waals surface area contributed by atoms with Crippen molar-refractivity contribution in [3.63, 3.8) is 0 Å². The Morgan fingerprint density at radius 3 is 1.21 bits per heavy atom. The molecule has 0 fully saturated rings. The Balaban J connectivity index is 1.59. The lowest BCUT2D eigenvalue weighted by molar-refractivity contribution is 0.480. The molecule has 0 unspecified atom stereocenters. The van der Waals surface area contributed by atoms with Gasteiger partial charge in [-0.15, -0.1) is 0 Å². The van der Waals surface area contributed by atoms with Crippen LogP contribution < -0.4 is 21.3 Å². The van der Waals surface area contributed by atoms with Crippen LogP contribution in [0.25, 0.3) is 12.2 Å². The molecule has 0 amide bonds. The van der Waals surface area contributed by atoms with Crippen molar-refractivity contribution in [1.82, 2.24) is 29.9 Å². The highest BCUT2D eigenvalue weighted by molar-refractivity contribution is 7.86. The molecule has 28 heteroatoms. The monoisotopic (exact) mass is 842 g/mol. The molecule has 0 spiro atoms. The molecule has 0 bridgehead atoms. The van der Waals surface area contributed by atoms with E-state index in [9.17, 15) is 42.8 Å². The second-order valence-electron chi connectivity index (χ2n) is 9.97. The fourth-order valence-corrected chi connectivity index (χ4v) is 6.40. The highest BCUT2D eigenvalue weighted by Crippen LogP contribution is 2.28. The summed E-state index contributed by atoms with van der Waals surface area (Å²) in [5.41, 5.74) is -0.237. The number of rotatable bonds is 16. The van der Waals surface area contributed by atoms with Crippen molar-refractivity contribution in [1.29, 1.82) is 0 Å². The van der Waals surface area contributed by atoms with Crippen LogP contribution in [0, 0.1) is 0 Å². The second-order valence-corrected chi connectivity index (χ2v) is 16.6. The smallest absolute Gasteiger partial charge is 0.295 e. The van der Waals surface area contributed by atoms with Crippen LogP contribution in [0.1, 0.15) is 11.1 Å². The van der Waals surface area contributed by atoms with Gasteiger partial charge in [-0.2, -0.15) is 63.6 Å². The maximum absolute atomic E-state index is 12.3. The van der Waals surface area contributed by atoms with E-state index >= 15 is 0 Å². The molecule has 0 aliphatic rings. The normalized spacial score (nSPS) is 12.5. The summed E-state index contributed by atoms with van der Waals surface area (Å²) in [5, 5.41) is 9.64. The summed E-state index contributed by atoms with van der Waals surface area (Å²) in [6.07, 6.45) is 2.27. The highest BCUT2D eigenvalue weighted by Gasteiger charge is 2.19. The predicted octanol–water partition coefficient (Wildman–Crippen LogP) is 2.11. The Morgan fingerprint density at radius 2 is 0.885 bits per heavy atom. The van der Waals surface area contributed by atoms with Gasteiger partial charge in [0.25, 0.3) is 40.5 Å². The first-order chi connectivity index (χ1) is 24.0. The van der Waals surface area contributed by atoms with Gasteiger partial charge in [-0.1, -0.05) is 24.3 Å². The maximum atomic E-state index is 12.3. The van der Waals surface area contributed by atoms with Gasteiger partial charge in [0, 0.05) is 24.5 Å². The van der Waals surface area contributed by atoms with Crippen LogP contribution in [-0.4, -0.2) is 106 Å². The molecular formula is C24H24Cl2N10O12S4. The predicted molar refractivity (Wildman–Crippen MR) is 187 cm³/mol. The topological polar surface area (TPSA) is 343 Å². The molecule has 4 aromatic rings. The molecule has 2 aromatic heterocycles. The van der Waals surface area contributed by atoms with Crippen LogP contribution in [0.5, 0.6) is 0 Å². The Hall–Kier alpha value is -4.38. The van der Waals surface area contributed by atoms with Crippen LogP contribution in [0.3, 0.4) is 0 Å². The highest BCUT2D eigenvalue weighted by atomic mass is 35.5. The van der Waals surface area contributed by atoms with E-state index in [0.717, 1.165) is 24.3 Å². The van der Waals surface area contributed by atoms with E-state index in [1.165, 1.54) is 24.3 Å². The third kappa shape index (κ3) is 12.7. The van der Waals surface area contributed by atoms with Crippen molar-refractivity contribution in [3.8, 4) is 0 Å². The Kier molecular flexibility index (Phi) is 12.5. The van der Waals surface area contributed by atoms with Gasteiger partial charge in [-0.25, -0.2) is 0 Å². The van der Waals surface area contributed by atoms with Gasteiger partial charge in [0.2, 0.25) is 34.4 Å². The van der Waals surface area contributed by atoms with Crippen LogP contribution in [-0.2, 0) is 40.5 Å². The average Bonchev–Trinajstić information content (AvgIpc) is 2.98. The molecule has 0 radical (unpaired) electrons. The molecule has 22 nitrogen and oxygen atoms in total. The summed E-state index contributed by atoms with van der Waals surface area (Å²) in [5.74, 6) is -2.17. The zero-order valence-corrected chi connectivity index (χ0v) is 30.4. The van der Waals surface area contributed by atoms with Crippen LogP contribution in [0.2, 0.25) is 10.6 Å². The maximum Gasteiger partial charge on any atom is 0.295 e. The minimum absolute atomic E-state index is 0.0141. The number of hydrogen-bond acceptors (Lipinski definition) is 18. The van der Waals surface area contributed by atoms with E-state index in [-0.39, 0.29) is 70.0 Å². The molecule has 280 valence electrons. The first-order valence-electron chi connectivity index (χ1n) is 13.7. The molecule has 0 aliphatic heterocycles. The Bertz CT molecular complexity index is 2300. The molecule has 2 heterocycles. The molecule has 0 aliphatic carbocycles. The quantitative estimate of drug-likeness (QED) is 0.0591. The summed E-state index contributed by atoms with van der Waals surface area (Å²) < 4.78 is 131. The lowest BCUT2D eigenvalue weighted by Gasteiger charge is -2.11. The number of nitrogens with one attached hydrogen (secondary N) is 4. The van der Waals surface area contributed by atoms with Crippen molar-refractivity contribution in [2.45, 2.75) is 9.79 Å². The summed E-state index contributed by atoms with van der Waals surface area (Å²) in [6.45, 7) is -0.580. The molecule has 0 saturated carbocycles. The van der Waals surface area contributed by atoms with Crippen molar-refractivity contribution in [2.24, 2.45) is 0 Å². The minimum atomic E-state index is -4.91. The fourth-order valence-electron chi connectivity index (χ4n) is 3.94. The number of nitrogens with zero attached hydrogens (tertiary/aromatic N) is 6. The third-order valence-electron chi connectivity index (χ3n) is 6.04. The van der Waals surface area contributed by atoms with Gasteiger partial charge in [0.05, 0.1) is 11.5 Å². The van der Waals surface area contributed by atoms with Gasteiger partial charge in [0.1, 0.15) is 9.79 Å². The van der Waals surface area contributed by atoms with E-state index in [4.69, 9.17) is 32.3 Å². The second kappa shape index (κ2) is 16.1. The molecule has 8 N–H and O–H groups in total. The standard InChI is InChI=1S/C24H24Cl2N10O12S4/c25-19-31-21(27-7-9-49(37,38)39)35-23(33-19)29-15-5-3-13(17(11-15)51(43,44)45)1-2-14-4-6-16(12-18(14)52(46,47)48)30-24-34-20(26)32-22(36-24)28-8-10-50(40,41)42/h1-6,11-12H,7-10H2,(H,37,38,39)(H,40,41,42)(H,43,44,45)(H,46,47,48)(H2,27,29,31,33,35)(H2,28,30,32,34,36)/b2-1+. The van der Waals surface area contributed by atoms with Crippen molar-refractivity contribution in [3.05, 3.63) is 58.1 Å². The van der Waals surface area contributed by atoms with Crippen molar-refractivity contribution < 1.29 is 51.9 Å². The fraction of sp³-hybridized carbons (Fsp3) is 0.167. The van der Waals surface area contributed by atoms with Crippen LogP contribution >= 0.6 is 23.2 Å². The molecule has 2 aromatic carbocycles. The number of aromatic nitrogens is 6. The summed E-state index contributed by atoms with van der Waals surface area (Å²) in [4.78, 5) is 21.8. The zero-order valence-electron chi connectivity index (χ0n) is 25.6. The number of benzene rings is 2. The lowest BCUT2D eigenvalue weighted by Crippen LogP contribution is -2.16. The number of anilines is 6. The van der Waals surface area contributed by atoms with Gasteiger partial charge < -0.3 is 21.3 Å². The van der Waals surface area contributed by atoms with Crippen LogP contribution in [0.4, 0.5) is 35.2 Å². The van der Waals surface area contributed by atoms with Gasteiger partial charge in [-0.3, -0.25) is 18.2 Å². The summed E-state index contributed by atoms with van der Waals surface area (Å²) >= 11 is 11.8. The van der Waals surface area contributed by atoms with Gasteiger partial charge in [-0.05, 0) is 58.6 Å². The van der Waals surface area contributed by atoms with Crippen LogP contribution in [0.15, 0.2) is 46.2 Å². The van der Waals surface area contributed by atoms with Crippen molar-refractivity contribution >= 4 is 111 Å². The largest absolute Gasteiger partial charge is 0.353 e. The van der Waals surface area contributed by atoms with E-state index in [2.05, 4.69) is 51.2 Å². The first-order valence-corrected chi connectivity index (χ1v) is 20.6. The molecular weight excluding hydrogens is 819 g/mol. The Morgan fingerprint density at radius 1 is 0.538 bits per heavy atom. The SMILES string of the molecule is O=S(=O)(O)CCNc1nc(Cl)nc(Nc2ccc(/C=C/c3ccc(Nc4nc(Cl)nc(NCCS(=O)(=O)O)n4)cc3S(=O)(=O)O)c(S(=O)(=O)O)c2)n1. The van der Waals surface area contributed by atoms with Gasteiger partial charge in [0.15, 0.2) is 0 Å². The molecule has 52 heavy (non-hydrogen) atoms. The molecule has 4 rings (SSSR count). The van der Waals surface area contributed by atoms with E-state index in [1.54, 1.807) is 0 Å². The Labute approximate surface area is 305 Å². The van der Waals surface area contributed by atoms with E-state index in [1.807, 2.05) is 0 Å². The van der Waals surface area contributed by atoms with E-state index in [0.29, 0.717) is 0 Å². The molecule has 0 saturated heterocycles. The molecule has 0 atom stereocenters. The zero-order chi connectivity index (χ0) is 38.5. The van der Waals surface area contributed by atoms with Gasteiger partial charge >= 0.3 is 0 Å². The minimum Gasteiger partial charge on any atom is -0.353 e. The third-order valence-corrected chi connectivity index (χ3v) is 9.64. The number of hydrogen-bond donors (Lipinski definition) is 8. The average molecular weight is 844 g/mol. The summed E-state index contributed by atoms with van der Waals surface area (Å²) in [7, 11) is -18.4. The summed E-state index contributed by atoms with van der Waals surface area (Å²) in [6, 6.07) is 7.09. The number of halogens is 2. The first kappa shape index (κ1) is 40.4. The lowest BCUT2D eigenvalue weighted by atomic mass is 10.1. The van der Waals surface area contributed by atoms with Crippen molar-refractivity contribution in [2.75, 3.05) is 45.9 Å². The van der Waals surface area contributed by atoms with E-state index < -0.39 is 61.8 Å².